The molecule has 1 amide bonds. The van der Waals surface area contributed by atoms with Crippen molar-refractivity contribution in [2.75, 3.05) is 6.54 Å². The van der Waals surface area contributed by atoms with Crippen molar-refractivity contribution < 1.29 is 14.7 Å². The van der Waals surface area contributed by atoms with Crippen LogP contribution in [0.25, 0.3) is 0 Å². The molecule has 0 saturated carbocycles. The van der Waals surface area contributed by atoms with E-state index in [4.69, 9.17) is 5.11 Å². The van der Waals surface area contributed by atoms with Gasteiger partial charge in [0.15, 0.2) is 0 Å². The minimum absolute atomic E-state index is 0.0404. The quantitative estimate of drug-likeness (QED) is 0.771. The second kappa shape index (κ2) is 4.53. The van der Waals surface area contributed by atoms with Crippen LogP contribution >= 0.6 is 0 Å². The summed E-state index contributed by atoms with van der Waals surface area (Å²) in [5, 5.41) is 12.5. The number of hydrogen-bond donors (Lipinski definition) is 2. The van der Waals surface area contributed by atoms with Gasteiger partial charge in [-0.05, 0) is 38.6 Å². The summed E-state index contributed by atoms with van der Waals surface area (Å²) in [7, 11) is 0. The Labute approximate surface area is 107 Å². The Kier molecular flexibility index (Phi) is 3.01. The van der Waals surface area contributed by atoms with E-state index in [1.165, 1.54) is 0 Å². The topological polar surface area (TPSA) is 69.6 Å². The Balaban J connectivity index is 1.65. The first-order chi connectivity index (χ1) is 8.66. The zero-order valence-electron chi connectivity index (χ0n) is 10.5. The maximum Gasteiger partial charge on any atom is 0.308 e. The van der Waals surface area contributed by atoms with E-state index in [1.807, 2.05) is 4.90 Å². The van der Waals surface area contributed by atoms with Gasteiger partial charge in [-0.3, -0.25) is 9.59 Å². The van der Waals surface area contributed by atoms with Crippen LogP contribution in [-0.4, -0.2) is 46.6 Å². The lowest BCUT2D eigenvalue weighted by molar-refractivity contribution is -0.143. The molecule has 4 atom stereocenters. The third-order valence-corrected chi connectivity index (χ3v) is 4.73. The van der Waals surface area contributed by atoms with Gasteiger partial charge in [0.05, 0.1) is 5.92 Å². The summed E-state index contributed by atoms with van der Waals surface area (Å²) in [5.74, 6) is -0.908. The summed E-state index contributed by atoms with van der Waals surface area (Å²) in [6, 6.07) is 0.451. The average molecular weight is 252 g/mol. The summed E-state index contributed by atoms with van der Waals surface area (Å²) in [4.78, 5) is 25.4. The van der Waals surface area contributed by atoms with Crippen LogP contribution in [0.15, 0.2) is 0 Å². The van der Waals surface area contributed by atoms with Crippen LogP contribution in [-0.2, 0) is 9.59 Å². The minimum atomic E-state index is -0.737. The van der Waals surface area contributed by atoms with E-state index in [2.05, 4.69) is 5.32 Å². The van der Waals surface area contributed by atoms with Crippen LogP contribution in [0.4, 0.5) is 0 Å². The Morgan fingerprint density at radius 3 is 2.72 bits per heavy atom. The standard InChI is InChI=1S/C13H20N2O3/c16-12(6-8-2-1-5-14-8)15-9-3-4-11(15)10(7-9)13(17)18/h8-11,14H,1-7H2,(H,17,18). The minimum Gasteiger partial charge on any atom is -0.481 e. The molecule has 3 heterocycles. The molecule has 3 rings (SSSR count). The second-order valence-electron chi connectivity index (χ2n) is 5.78. The lowest BCUT2D eigenvalue weighted by Gasteiger charge is -2.24. The summed E-state index contributed by atoms with van der Waals surface area (Å²) >= 11 is 0. The Hall–Kier alpha value is -1.10. The molecule has 0 aromatic carbocycles. The van der Waals surface area contributed by atoms with E-state index >= 15 is 0 Å². The summed E-state index contributed by atoms with van der Waals surface area (Å²) in [5.41, 5.74) is 0. The highest BCUT2D eigenvalue weighted by Crippen LogP contribution is 2.42. The molecular weight excluding hydrogens is 232 g/mol. The van der Waals surface area contributed by atoms with Gasteiger partial charge < -0.3 is 15.3 Å². The van der Waals surface area contributed by atoms with Crippen molar-refractivity contribution in [3.8, 4) is 0 Å². The third-order valence-electron chi connectivity index (χ3n) is 4.73. The molecule has 0 aromatic heterocycles. The zero-order chi connectivity index (χ0) is 12.7. The summed E-state index contributed by atoms with van der Waals surface area (Å²) in [6.07, 6.45) is 5.26. The van der Waals surface area contributed by atoms with Gasteiger partial charge in [-0.2, -0.15) is 0 Å². The molecule has 2 N–H and O–H groups in total. The number of rotatable bonds is 3. The smallest absolute Gasteiger partial charge is 0.308 e. The van der Waals surface area contributed by atoms with E-state index < -0.39 is 5.97 Å². The number of carbonyl (C=O) groups is 2. The highest BCUT2D eigenvalue weighted by atomic mass is 16.4. The molecule has 0 aromatic rings. The first-order valence-electron chi connectivity index (χ1n) is 6.94. The van der Waals surface area contributed by atoms with E-state index in [1.54, 1.807) is 0 Å². The average Bonchev–Trinajstić information content (AvgIpc) is 3.02. The largest absolute Gasteiger partial charge is 0.481 e. The fraction of sp³-hybridized carbons (Fsp3) is 0.846. The first-order valence-corrected chi connectivity index (χ1v) is 6.94. The molecule has 3 saturated heterocycles. The molecule has 3 aliphatic heterocycles. The zero-order valence-corrected chi connectivity index (χ0v) is 10.5. The highest BCUT2D eigenvalue weighted by Gasteiger charge is 2.51. The molecular formula is C13H20N2O3. The fourth-order valence-electron chi connectivity index (χ4n) is 3.89. The number of aliphatic carboxylic acids is 1. The van der Waals surface area contributed by atoms with Crippen LogP contribution < -0.4 is 5.32 Å². The van der Waals surface area contributed by atoms with Gasteiger partial charge in [0.1, 0.15) is 0 Å². The number of carboxylic acid groups (broad SMARTS) is 1. The SMILES string of the molecule is O=C(O)C1CC2CCC1N2C(=O)CC1CCCN1. The molecule has 3 fully saturated rings. The second-order valence-corrected chi connectivity index (χ2v) is 5.78. The van der Waals surface area contributed by atoms with Crippen molar-refractivity contribution in [1.29, 1.82) is 0 Å². The predicted octanol–water partition coefficient (Wildman–Crippen LogP) is 0.593. The Morgan fingerprint density at radius 1 is 1.28 bits per heavy atom. The molecule has 5 nitrogen and oxygen atoms in total. The first kappa shape index (κ1) is 12.0. The lowest BCUT2D eigenvalue weighted by atomic mass is 9.89. The van der Waals surface area contributed by atoms with Gasteiger partial charge in [-0.15, -0.1) is 0 Å². The number of nitrogens with one attached hydrogen (secondary N) is 1. The fourth-order valence-corrected chi connectivity index (χ4v) is 3.89. The van der Waals surface area contributed by atoms with Gasteiger partial charge in [0.25, 0.3) is 0 Å². The summed E-state index contributed by atoms with van der Waals surface area (Å²) < 4.78 is 0. The number of carboxylic acids is 1. The normalized spacial score (nSPS) is 38.3. The van der Waals surface area contributed by atoms with Gasteiger partial charge in [0.2, 0.25) is 5.91 Å². The van der Waals surface area contributed by atoms with E-state index in [0.717, 1.165) is 32.2 Å². The van der Waals surface area contributed by atoms with Crippen molar-refractivity contribution >= 4 is 11.9 Å². The van der Waals surface area contributed by atoms with Gasteiger partial charge in [-0.1, -0.05) is 0 Å². The Morgan fingerprint density at radius 2 is 2.11 bits per heavy atom. The third kappa shape index (κ3) is 1.90. The Bertz CT molecular complexity index is 365. The van der Waals surface area contributed by atoms with Gasteiger partial charge in [-0.25, -0.2) is 0 Å². The van der Waals surface area contributed by atoms with E-state index in [0.29, 0.717) is 18.9 Å². The van der Waals surface area contributed by atoms with Crippen molar-refractivity contribution in [3.63, 3.8) is 0 Å². The van der Waals surface area contributed by atoms with Crippen LogP contribution in [0.5, 0.6) is 0 Å². The van der Waals surface area contributed by atoms with E-state index in [-0.39, 0.29) is 23.9 Å². The lowest BCUT2D eigenvalue weighted by Crippen LogP contribution is -2.40. The number of amides is 1. The van der Waals surface area contributed by atoms with Crippen molar-refractivity contribution in [1.82, 2.24) is 10.2 Å². The molecule has 3 aliphatic rings. The number of nitrogens with zero attached hydrogens (tertiary/aromatic N) is 1. The maximum atomic E-state index is 12.3. The van der Waals surface area contributed by atoms with Crippen molar-refractivity contribution in [2.45, 2.75) is 56.7 Å². The molecule has 0 spiro atoms. The molecule has 5 heteroatoms. The van der Waals surface area contributed by atoms with Gasteiger partial charge >= 0.3 is 5.97 Å². The number of fused-ring (bicyclic) bond motifs is 2. The van der Waals surface area contributed by atoms with Gasteiger partial charge in [0, 0.05) is 24.5 Å². The molecule has 100 valence electrons. The van der Waals surface area contributed by atoms with Crippen molar-refractivity contribution in [3.05, 3.63) is 0 Å². The van der Waals surface area contributed by atoms with E-state index in [9.17, 15) is 9.59 Å². The van der Waals surface area contributed by atoms with Crippen molar-refractivity contribution in [2.24, 2.45) is 5.92 Å². The summed E-state index contributed by atoms with van der Waals surface area (Å²) in [6.45, 7) is 1.00. The molecule has 4 unspecified atom stereocenters. The number of carbonyl (C=O) groups excluding carboxylic acids is 1. The molecule has 0 aliphatic carbocycles. The van der Waals surface area contributed by atoms with Crippen LogP contribution in [0.1, 0.15) is 38.5 Å². The number of hydrogen-bond acceptors (Lipinski definition) is 3. The molecule has 2 bridgehead atoms. The van der Waals surface area contributed by atoms with Crippen LogP contribution in [0.3, 0.4) is 0 Å². The predicted molar refractivity (Wildman–Crippen MR) is 65.0 cm³/mol. The highest BCUT2D eigenvalue weighted by molar-refractivity contribution is 5.81. The molecule has 0 radical (unpaired) electrons. The monoisotopic (exact) mass is 252 g/mol. The van der Waals surface area contributed by atoms with Crippen LogP contribution in [0.2, 0.25) is 0 Å². The van der Waals surface area contributed by atoms with Crippen LogP contribution in [0, 0.1) is 5.92 Å². The molecule has 18 heavy (non-hydrogen) atoms. The maximum absolute atomic E-state index is 12.3.